The summed E-state index contributed by atoms with van der Waals surface area (Å²) in [7, 11) is -2.45. The highest BCUT2D eigenvalue weighted by atomic mass is 35.5. The van der Waals surface area contributed by atoms with Crippen LogP contribution in [0.4, 0.5) is 4.39 Å². The molecule has 2 N–H and O–H groups in total. The van der Waals surface area contributed by atoms with Crippen LogP contribution in [0.3, 0.4) is 0 Å². The third-order valence-corrected chi connectivity index (χ3v) is 7.75. The molecule has 0 amide bonds. The normalized spacial score (nSPS) is 16.6. The molecule has 0 radical (unpaired) electrons. The van der Waals surface area contributed by atoms with Gasteiger partial charge in [0.2, 0.25) is 10.0 Å². The Morgan fingerprint density at radius 2 is 1.85 bits per heavy atom. The van der Waals surface area contributed by atoms with E-state index in [1.165, 1.54) is 19.1 Å². The van der Waals surface area contributed by atoms with E-state index in [4.69, 9.17) is 27.9 Å². The molecule has 0 aliphatic carbocycles. The van der Waals surface area contributed by atoms with E-state index in [2.05, 4.69) is 15.2 Å². The van der Waals surface area contributed by atoms with E-state index in [0.717, 1.165) is 17.4 Å². The summed E-state index contributed by atoms with van der Waals surface area (Å²) >= 11 is 12.5. The molecule has 34 heavy (non-hydrogen) atoms. The topological polar surface area (TPSA) is 79.8 Å². The number of hydrazone groups is 1. The first-order valence-corrected chi connectivity index (χ1v) is 12.6. The maximum Gasteiger partial charge on any atom is 0.241 e. The largest absolute Gasteiger partial charge is 0.497 e. The number of sulfonamides is 1. The standard InChI is InChI=1S/C24H22Cl2FN3O3S/c1-14-11-17(27)6-10-23(14)34(31,32)30-24(19-9-5-16(25)12-20(19)26)22-13-21(28-29-22)15-3-7-18(33-2)8-4-15/h3-12,21,24,28,30H,13H2,1-2H3. The molecule has 10 heteroatoms. The van der Waals surface area contributed by atoms with Crippen LogP contribution < -0.4 is 14.9 Å². The molecule has 1 heterocycles. The van der Waals surface area contributed by atoms with E-state index in [-0.39, 0.29) is 16.5 Å². The molecule has 0 saturated carbocycles. The summed E-state index contributed by atoms with van der Waals surface area (Å²) in [6.07, 6.45) is 0.431. The molecule has 2 unspecified atom stereocenters. The Morgan fingerprint density at radius 1 is 1.12 bits per heavy atom. The van der Waals surface area contributed by atoms with E-state index in [1.54, 1.807) is 25.3 Å². The van der Waals surface area contributed by atoms with Gasteiger partial charge >= 0.3 is 0 Å². The molecule has 6 nitrogen and oxygen atoms in total. The second-order valence-electron chi connectivity index (χ2n) is 7.89. The van der Waals surface area contributed by atoms with Crippen LogP contribution in [0.1, 0.15) is 35.2 Å². The number of benzene rings is 3. The number of hydrogen-bond acceptors (Lipinski definition) is 5. The maximum atomic E-state index is 13.6. The van der Waals surface area contributed by atoms with Crippen molar-refractivity contribution in [3.63, 3.8) is 0 Å². The number of halogens is 3. The highest BCUT2D eigenvalue weighted by molar-refractivity contribution is 7.89. The molecule has 178 valence electrons. The predicted octanol–water partition coefficient (Wildman–Crippen LogP) is 5.56. The highest BCUT2D eigenvalue weighted by Crippen LogP contribution is 2.34. The Bertz CT molecular complexity index is 1350. The third kappa shape index (κ3) is 5.20. The highest BCUT2D eigenvalue weighted by Gasteiger charge is 2.32. The van der Waals surface area contributed by atoms with Gasteiger partial charge in [-0.2, -0.15) is 9.82 Å². The van der Waals surface area contributed by atoms with E-state index in [9.17, 15) is 12.8 Å². The second kappa shape index (κ2) is 9.92. The molecule has 4 rings (SSSR count). The molecule has 1 aliphatic rings. The Balaban J connectivity index is 1.67. The zero-order valence-corrected chi connectivity index (χ0v) is 20.7. The molecule has 0 aromatic heterocycles. The molecule has 0 bridgehead atoms. The quantitative estimate of drug-likeness (QED) is 0.426. The van der Waals surface area contributed by atoms with Gasteiger partial charge in [-0.1, -0.05) is 41.4 Å². The maximum absolute atomic E-state index is 13.6. The number of methoxy groups -OCH3 is 1. The van der Waals surface area contributed by atoms with Gasteiger partial charge < -0.3 is 10.2 Å². The fraction of sp³-hybridized carbons (Fsp3) is 0.208. The van der Waals surface area contributed by atoms with Crippen LogP contribution in [0.5, 0.6) is 5.75 Å². The number of nitrogens with one attached hydrogen (secondary N) is 2. The minimum absolute atomic E-state index is 0.0257. The lowest BCUT2D eigenvalue weighted by atomic mass is 9.96. The second-order valence-corrected chi connectivity index (χ2v) is 10.4. The van der Waals surface area contributed by atoms with Crippen molar-refractivity contribution < 1.29 is 17.5 Å². The van der Waals surface area contributed by atoms with Gasteiger partial charge in [0, 0.05) is 16.5 Å². The number of rotatable bonds is 7. The first-order chi connectivity index (χ1) is 16.2. The van der Waals surface area contributed by atoms with Gasteiger partial charge in [-0.05, 0) is 66.1 Å². The molecular weight excluding hydrogens is 500 g/mol. The van der Waals surface area contributed by atoms with Crippen molar-refractivity contribution in [3.8, 4) is 5.75 Å². The van der Waals surface area contributed by atoms with Crippen molar-refractivity contribution >= 4 is 38.9 Å². The van der Waals surface area contributed by atoms with Gasteiger partial charge in [0.25, 0.3) is 0 Å². The van der Waals surface area contributed by atoms with Crippen molar-refractivity contribution in [1.82, 2.24) is 10.1 Å². The minimum atomic E-state index is -4.04. The zero-order valence-electron chi connectivity index (χ0n) is 18.3. The molecule has 0 saturated heterocycles. The minimum Gasteiger partial charge on any atom is -0.497 e. The van der Waals surface area contributed by atoms with Gasteiger partial charge in [-0.3, -0.25) is 0 Å². The molecule has 0 spiro atoms. The Kier molecular flexibility index (Phi) is 7.14. The van der Waals surface area contributed by atoms with Crippen LogP contribution in [-0.2, 0) is 10.0 Å². The van der Waals surface area contributed by atoms with Gasteiger partial charge in [-0.15, -0.1) is 0 Å². The summed E-state index contributed by atoms with van der Waals surface area (Å²) in [4.78, 5) is -0.0257. The molecule has 2 atom stereocenters. The summed E-state index contributed by atoms with van der Waals surface area (Å²) in [5, 5.41) is 5.17. The van der Waals surface area contributed by atoms with E-state index in [0.29, 0.717) is 27.7 Å². The van der Waals surface area contributed by atoms with Crippen molar-refractivity contribution in [2.75, 3.05) is 7.11 Å². The van der Waals surface area contributed by atoms with Crippen LogP contribution in [0.2, 0.25) is 10.0 Å². The summed E-state index contributed by atoms with van der Waals surface area (Å²) in [6.45, 7) is 1.54. The SMILES string of the molecule is COc1ccc(C2CC(C(NS(=O)(=O)c3ccc(F)cc3C)c3ccc(Cl)cc3Cl)=NN2)cc1. The smallest absolute Gasteiger partial charge is 0.241 e. The number of ether oxygens (including phenoxy) is 1. The van der Waals surface area contributed by atoms with Crippen LogP contribution >= 0.6 is 23.2 Å². The van der Waals surface area contributed by atoms with Crippen LogP contribution in [0, 0.1) is 12.7 Å². The van der Waals surface area contributed by atoms with Crippen LogP contribution in [0.15, 0.2) is 70.7 Å². The average Bonchev–Trinajstić information content (AvgIpc) is 3.28. The van der Waals surface area contributed by atoms with Crippen molar-refractivity contribution in [1.29, 1.82) is 0 Å². The monoisotopic (exact) mass is 521 g/mol. The first-order valence-electron chi connectivity index (χ1n) is 10.4. The predicted molar refractivity (Wildman–Crippen MR) is 132 cm³/mol. The van der Waals surface area contributed by atoms with Gasteiger partial charge in [0.15, 0.2) is 0 Å². The van der Waals surface area contributed by atoms with E-state index >= 15 is 0 Å². The van der Waals surface area contributed by atoms with E-state index in [1.807, 2.05) is 24.3 Å². The number of nitrogens with zero attached hydrogens (tertiary/aromatic N) is 1. The third-order valence-electron chi connectivity index (χ3n) is 5.60. The molecule has 3 aromatic carbocycles. The summed E-state index contributed by atoms with van der Waals surface area (Å²) in [5.74, 6) is 0.219. The average molecular weight is 522 g/mol. The van der Waals surface area contributed by atoms with Crippen LogP contribution in [-0.4, -0.2) is 21.2 Å². The van der Waals surface area contributed by atoms with Crippen LogP contribution in [0.25, 0.3) is 0 Å². The molecule has 1 aliphatic heterocycles. The zero-order chi connectivity index (χ0) is 24.5. The fourth-order valence-electron chi connectivity index (χ4n) is 3.85. The molecule has 3 aromatic rings. The van der Waals surface area contributed by atoms with Crippen molar-refractivity contribution in [3.05, 3.63) is 93.2 Å². The van der Waals surface area contributed by atoms with Gasteiger partial charge in [0.1, 0.15) is 11.6 Å². The molecular formula is C24H22Cl2FN3O3S. The lowest BCUT2D eigenvalue weighted by molar-refractivity contribution is 0.414. The Morgan fingerprint density at radius 3 is 2.50 bits per heavy atom. The summed E-state index contributed by atoms with van der Waals surface area (Å²) in [5.41, 5.74) is 5.39. The Hall–Kier alpha value is -2.65. The van der Waals surface area contributed by atoms with Gasteiger partial charge in [0.05, 0.1) is 29.8 Å². The lowest BCUT2D eigenvalue weighted by Gasteiger charge is -2.21. The fourth-order valence-corrected chi connectivity index (χ4v) is 5.80. The van der Waals surface area contributed by atoms with Crippen molar-refractivity contribution in [2.45, 2.75) is 30.3 Å². The van der Waals surface area contributed by atoms with Crippen molar-refractivity contribution in [2.24, 2.45) is 5.10 Å². The summed E-state index contributed by atoms with van der Waals surface area (Å²) < 4.78 is 48.1. The summed E-state index contributed by atoms with van der Waals surface area (Å²) in [6, 6.07) is 14.9. The molecule has 0 fully saturated rings. The lowest BCUT2D eigenvalue weighted by Crippen LogP contribution is -2.34. The number of aryl methyl sites for hydroxylation is 1. The first kappa shape index (κ1) is 24.5. The number of hydrogen-bond donors (Lipinski definition) is 2. The Labute approximate surface area is 207 Å². The van der Waals surface area contributed by atoms with Gasteiger partial charge in [-0.25, -0.2) is 12.8 Å². The van der Waals surface area contributed by atoms with E-state index < -0.39 is 21.9 Å².